The minimum Gasteiger partial charge on any atom is -0.310 e. The number of anilines is 3. The van der Waals surface area contributed by atoms with Crippen molar-refractivity contribution in [3.63, 3.8) is 0 Å². The van der Waals surface area contributed by atoms with E-state index < -0.39 is 5.41 Å². The van der Waals surface area contributed by atoms with Gasteiger partial charge in [0.15, 0.2) is 0 Å². The maximum atomic E-state index is 2.59. The molecule has 0 aliphatic heterocycles. The van der Waals surface area contributed by atoms with E-state index in [2.05, 4.69) is 222 Å². The van der Waals surface area contributed by atoms with Crippen molar-refractivity contribution < 1.29 is 0 Å². The molecule has 8 aromatic rings. The average molecular weight is 732 g/mol. The molecule has 1 nitrogen and oxygen atoms in total. The molecule has 1 heteroatoms. The second kappa shape index (κ2) is 12.0. The molecule has 11 rings (SSSR count). The van der Waals surface area contributed by atoms with Gasteiger partial charge in [0.05, 0.1) is 11.1 Å². The van der Waals surface area contributed by atoms with Gasteiger partial charge in [0.1, 0.15) is 0 Å². The monoisotopic (exact) mass is 731 g/mol. The van der Waals surface area contributed by atoms with Crippen molar-refractivity contribution in [3.8, 4) is 33.4 Å². The molecule has 57 heavy (non-hydrogen) atoms. The zero-order valence-corrected chi connectivity index (χ0v) is 33.3. The number of benzene rings is 8. The fourth-order valence-corrected chi connectivity index (χ4v) is 11.0. The number of aryl methyl sites for hydroxylation is 1. The summed E-state index contributed by atoms with van der Waals surface area (Å²) in [6.45, 7) is 11.8. The Morgan fingerprint density at radius 2 is 0.842 bits per heavy atom. The van der Waals surface area contributed by atoms with Gasteiger partial charge in [-0.3, -0.25) is 0 Å². The van der Waals surface area contributed by atoms with E-state index in [1.807, 2.05) is 0 Å². The van der Waals surface area contributed by atoms with E-state index in [0.29, 0.717) is 0 Å². The number of nitrogens with zero attached hydrogens (tertiary/aromatic N) is 1. The molecule has 0 spiro atoms. The molecule has 3 aliphatic rings. The predicted molar refractivity (Wildman–Crippen MR) is 238 cm³/mol. The van der Waals surface area contributed by atoms with Crippen molar-refractivity contribution in [1.29, 1.82) is 0 Å². The van der Waals surface area contributed by atoms with Crippen LogP contribution in [0.5, 0.6) is 0 Å². The van der Waals surface area contributed by atoms with Crippen molar-refractivity contribution in [2.24, 2.45) is 0 Å². The fourth-order valence-electron chi connectivity index (χ4n) is 11.0. The third-order valence-corrected chi connectivity index (χ3v) is 13.7. The molecule has 0 amide bonds. The van der Waals surface area contributed by atoms with Crippen LogP contribution in [0.1, 0.15) is 77.8 Å². The molecule has 8 aromatic carbocycles. The molecule has 0 aromatic heterocycles. The van der Waals surface area contributed by atoms with E-state index in [9.17, 15) is 0 Å². The Balaban J connectivity index is 1.23. The maximum absolute atomic E-state index is 2.59. The molecule has 0 N–H and O–H groups in total. The van der Waals surface area contributed by atoms with Gasteiger partial charge >= 0.3 is 0 Å². The highest BCUT2D eigenvalue weighted by molar-refractivity contribution is 5.99. The van der Waals surface area contributed by atoms with Gasteiger partial charge in [0.2, 0.25) is 0 Å². The average Bonchev–Trinajstić information content (AvgIpc) is 3.77. The normalized spacial score (nSPS) is 15.5. The highest BCUT2D eigenvalue weighted by Gasteiger charge is 2.48. The van der Waals surface area contributed by atoms with E-state index in [1.165, 1.54) is 101 Å². The molecule has 0 radical (unpaired) electrons. The van der Waals surface area contributed by atoms with Crippen molar-refractivity contribution in [2.75, 3.05) is 4.90 Å². The third-order valence-electron chi connectivity index (χ3n) is 13.7. The fraction of sp³-hybridized carbons (Fsp3) is 0.143. The van der Waals surface area contributed by atoms with Crippen LogP contribution >= 0.6 is 0 Å². The van der Waals surface area contributed by atoms with Gasteiger partial charge in [-0.25, -0.2) is 0 Å². The summed E-state index contributed by atoms with van der Waals surface area (Å²) >= 11 is 0. The second-order valence-corrected chi connectivity index (χ2v) is 17.3. The Bertz CT molecular complexity index is 2870. The van der Waals surface area contributed by atoms with E-state index in [1.54, 1.807) is 0 Å². The molecule has 0 bridgehead atoms. The van der Waals surface area contributed by atoms with Gasteiger partial charge in [-0.15, -0.1) is 0 Å². The summed E-state index contributed by atoms with van der Waals surface area (Å²) in [5.74, 6) is 0. The van der Waals surface area contributed by atoms with E-state index in [0.717, 1.165) is 0 Å². The molecular formula is C56H45N. The van der Waals surface area contributed by atoms with Crippen LogP contribution in [0.4, 0.5) is 17.1 Å². The van der Waals surface area contributed by atoms with Gasteiger partial charge in [0.25, 0.3) is 0 Å². The minimum absolute atomic E-state index is 0.0820. The Hall–Kier alpha value is -6.44. The van der Waals surface area contributed by atoms with E-state index in [-0.39, 0.29) is 10.8 Å². The van der Waals surface area contributed by atoms with Crippen LogP contribution in [-0.4, -0.2) is 0 Å². The summed E-state index contributed by atoms with van der Waals surface area (Å²) in [4.78, 5) is 2.59. The Morgan fingerprint density at radius 3 is 1.47 bits per heavy atom. The molecule has 0 heterocycles. The SMILES string of the molecule is Cc1cc2c(cc1N(c1ccc3c(c1)C(C)(C)c1ccccc1-3)c1cccc3c1-c1ccccc1C3(c1ccccc1)c1ccccc1)-c1ccccc1C2(C)C. The summed E-state index contributed by atoms with van der Waals surface area (Å²) in [6, 6.07) is 68.6. The highest BCUT2D eigenvalue weighted by Crippen LogP contribution is 2.61. The first kappa shape index (κ1) is 33.9. The molecule has 0 saturated carbocycles. The van der Waals surface area contributed by atoms with Gasteiger partial charge < -0.3 is 4.90 Å². The van der Waals surface area contributed by atoms with Gasteiger partial charge in [-0.2, -0.15) is 0 Å². The molecule has 3 aliphatic carbocycles. The van der Waals surface area contributed by atoms with Crippen LogP contribution in [0.3, 0.4) is 0 Å². The second-order valence-electron chi connectivity index (χ2n) is 17.3. The summed E-state index contributed by atoms with van der Waals surface area (Å²) in [7, 11) is 0. The molecule has 0 atom stereocenters. The Morgan fingerprint density at radius 1 is 0.351 bits per heavy atom. The lowest BCUT2D eigenvalue weighted by Crippen LogP contribution is -2.28. The summed E-state index contributed by atoms with van der Waals surface area (Å²) in [5, 5.41) is 0. The molecule has 0 fully saturated rings. The third kappa shape index (κ3) is 4.52. The van der Waals surface area contributed by atoms with Gasteiger partial charge in [0, 0.05) is 27.8 Å². The smallest absolute Gasteiger partial charge is 0.0714 e. The van der Waals surface area contributed by atoms with Crippen molar-refractivity contribution in [1.82, 2.24) is 0 Å². The first-order valence-electron chi connectivity index (χ1n) is 20.4. The Labute approximate surface area is 336 Å². The molecular weight excluding hydrogens is 687 g/mol. The molecule has 0 saturated heterocycles. The topological polar surface area (TPSA) is 3.24 Å². The van der Waals surface area contributed by atoms with E-state index >= 15 is 0 Å². The first-order chi connectivity index (χ1) is 27.7. The number of hydrogen-bond acceptors (Lipinski definition) is 1. The largest absolute Gasteiger partial charge is 0.310 e. The summed E-state index contributed by atoms with van der Waals surface area (Å²) in [5.41, 5.74) is 22.7. The Kier molecular flexibility index (Phi) is 7.15. The van der Waals surface area contributed by atoms with E-state index in [4.69, 9.17) is 0 Å². The maximum Gasteiger partial charge on any atom is 0.0714 e. The quantitative estimate of drug-likeness (QED) is 0.170. The van der Waals surface area contributed by atoms with Crippen LogP contribution < -0.4 is 4.90 Å². The standard InChI is InChI=1S/C56H45N/c1-36-33-49-44(41-24-13-16-27-46(41)54(49,2)3)35-52(36)57(39-31-32-42-40-23-12-15-26-45(40)55(4,5)50(42)34-39)51-30-18-29-48-53(51)43-25-14-17-28-47(43)56(48,37-19-8-6-9-20-37)38-21-10-7-11-22-38/h6-35H,1-5H3. The lowest BCUT2D eigenvalue weighted by molar-refractivity contribution is 0.659. The number of rotatable bonds is 5. The van der Waals surface area contributed by atoms with Crippen LogP contribution in [-0.2, 0) is 16.2 Å². The number of hydrogen-bond donors (Lipinski definition) is 0. The highest BCUT2D eigenvalue weighted by atomic mass is 15.1. The van der Waals surface area contributed by atoms with Crippen LogP contribution in [0.15, 0.2) is 182 Å². The van der Waals surface area contributed by atoms with Crippen molar-refractivity contribution in [2.45, 2.75) is 50.9 Å². The van der Waals surface area contributed by atoms with Crippen molar-refractivity contribution in [3.05, 3.63) is 232 Å². The molecule has 0 unspecified atom stereocenters. The zero-order chi connectivity index (χ0) is 38.7. The van der Waals surface area contributed by atoms with Crippen LogP contribution in [0.25, 0.3) is 33.4 Å². The van der Waals surface area contributed by atoms with Crippen LogP contribution in [0, 0.1) is 6.92 Å². The van der Waals surface area contributed by atoms with Crippen molar-refractivity contribution >= 4 is 17.1 Å². The summed E-state index contributed by atoms with van der Waals surface area (Å²) in [6.07, 6.45) is 0. The molecule has 274 valence electrons. The first-order valence-corrected chi connectivity index (χ1v) is 20.4. The summed E-state index contributed by atoms with van der Waals surface area (Å²) < 4.78 is 0. The number of fused-ring (bicyclic) bond motifs is 9. The lowest BCUT2D eigenvalue weighted by Gasteiger charge is -2.35. The zero-order valence-electron chi connectivity index (χ0n) is 33.3. The van der Waals surface area contributed by atoms with Gasteiger partial charge in [-0.1, -0.05) is 185 Å². The van der Waals surface area contributed by atoms with Gasteiger partial charge in [-0.05, 0) is 109 Å². The predicted octanol–water partition coefficient (Wildman–Crippen LogP) is 14.4. The van der Waals surface area contributed by atoms with Crippen LogP contribution in [0.2, 0.25) is 0 Å². The minimum atomic E-state index is -0.492. The lowest BCUT2D eigenvalue weighted by atomic mass is 9.68.